The zero-order valence-electron chi connectivity index (χ0n) is 15.8. The number of ether oxygens (including phenoxy) is 1. The Kier molecular flexibility index (Phi) is 5.38. The highest BCUT2D eigenvalue weighted by molar-refractivity contribution is 7.13. The minimum absolute atomic E-state index is 0.000309. The van der Waals surface area contributed by atoms with E-state index in [4.69, 9.17) is 21.3 Å². The second kappa shape index (κ2) is 7.94. The van der Waals surface area contributed by atoms with Crippen LogP contribution in [0.3, 0.4) is 0 Å². The third-order valence-corrected chi connectivity index (χ3v) is 5.94. The summed E-state index contributed by atoms with van der Waals surface area (Å²) in [6.45, 7) is 5.11. The number of anilines is 1. The number of thiazole rings is 1. The third-order valence-electron chi connectivity index (χ3n) is 4.74. The van der Waals surface area contributed by atoms with E-state index in [1.807, 2.05) is 52.7 Å². The van der Waals surface area contributed by atoms with Gasteiger partial charge >= 0.3 is 0 Å². The average Bonchev–Trinajstić information content (AvgIpc) is 3.17. The Hall–Kier alpha value is -2.37. The second-order valence-corrected chi connectivity index (χ2v) is 8.48. The largest absolute Gasteiger partial charge is 0.482 e. The molecule has 3 aromatic rings. The minimum Gasteiger partial charge on any atom is -0.482 e. The molecule has 4 rings (SSSR count). The van der Waals surface area contributed by atoms with E-state index in [9.17, 15) is 4.79 Å². The van der Waals surface area contributed by atoms with Gasteiger partial charge in [-0.25, -0.2) is 4.98 Å². The summed E-state index contributed by atoms with van der Waals surface area (Å²) in [6, 6.07) is 13.6. The molecule has 1 aliphatic heterocycles. The number of rotatable bonds is 5. The molecule has 0 fully saturated rings. The van der Waals surface area contributed by atoms with Gasteiger partial charge in [0.15, 0.2) is 6.61 Å². The van der Waals surface area contributed by atoms with Crippen molar-refractivity contribution in [3.63, 3.8) is 0 Å². The second-order valence-electron chi connectivity index (χ2n) is 7.22. The fraction of sp³-hybridized carbons (Fsp3) is 0.273. The van der Waals surface area contributed by atoms with Crippen molar-refractivity contribution in [2.45, 2.75) is 20.3 Å². The number of aromatic nitrogens is 1. The Morgan fingerprint density at radius 2 is 2.07 bits per heavy atom. The molecule has 1 aromatic heterocycles. The summed E-state index contributed by atoms with van der Waals surface area (Å²) in [5, 5.41) is 3.58. The lowest BCUT2D eigenvalue weighted by atomic mass is 10.1. The molecule has 0 saturated heterocycles. The number of benzene rings is 2. The highest BCUT2D eigenvalue weighted by Gasteiger charge is 2.26. The van der Waals surface area contributed by atoms with Crippen LogP contribution in [0, 0.1) is 5.92 Å². The molecule has 0 saturated carbocycles. The zero-order chi connectivity index (χ0) is 19.7. The number of fused-ring (bicyclic) bond motifs is 1. The lowest BCUT2D eigenvalue weighted by Gasteiger charge is -2.30. The van der Waals surface area contributed by atoms with E-state index in [0.717, 1.165) is 39.7 Å². The average molecular weight is 413 g/mol. The predicted molar refractivity (Wildman–Crippen MR) is 115 cm³/mol. The quantitative estimate of drug-likeness (QED) is 0.523. The molecular weight excluding hydrogens is 392 g/mol. The fourth-order valence-corrected chi connectivity index (χ4v) is 4.31. The number of amides is 1. The van der Waals surface area contributed by atoms with Crippen molar-refractivity contribution in [3.05, 3.63) is 52.9 Å². The van der Waals surface area contributed by atoms with Crippen LogP contribution in [-0.4, -0.2) is 24.0 Å². The van der Waals surface area contributed by atoms with Crippen LogP contribution in [0.5, 0.6) is 5.75 Å². The van der Waals surface area contributed by atoms with Crippen LogP contribution < -0.4 is 9.64 Å². The zero-order valence-corrected chi connectivity index (χ0v) is 17.4. The smallest absolute Gasteiger partial charge is 0.265 e. The highest BCUT2D eigenvalue weighted by atomic mass is 35.5. The van der Waals surface area contributed by atoms with Crippen LogP contribution in [0.25, 0.3) is 21.8 Å². The van der Waals surface area contributed by atoms with E-state index in [-0.39, 0.29) is 12.5 Å². The van der Waals surface area contributed by atoms with Crippen LogP contribution in [0.15, 0.2) is 47.8 Å². The molecule has 0 aliphatic carbocycles. The van der Waals surface area contributed by atoms with Gasteiger partial charge in [-0.15, -0.1) is 11.3 Å². The Labute approximate surface area is 173 Å². The van der Waals surface area contributed by atoms with Crippen molar-refractivity contribution >= 4 is 34.5 Å². The number of nitrogens with zero attached hydrogens (tertiary/aromatic N) is 2. The normalized spacial score (nSPS) is 13.6. The van der Waals surface area contributed by atoms with Crippen molar-refractivity contribution in [2.75, 3.05) is 18.1 Å². The Balaban J connectivity index is 1.67. The maximum absolute atomic E-state index is 12.4. The summed E-state index contributed by atoms with van der Waals surface area (Å²) in [6.07, 6.45) is 0.947. The van der Waals surface area contributed by atoms with Gasteiger partial charge in [0.1, 0.15) is 10.8 Å². The fourth-order valence-electron chi connectivity index (χ4n) is 3.16. The van der Waals surface area contributed by atoms with Crippen molar-refractivity contribution in [2.24, 2.45) is 5.92 Å². The van der Waals surface area contributed by atoms with E-state index in [0.29, 0.717) is 17.5 Å². The molecule has 0 atom stereocenters. The van der Waals surface area contributed by atoms with E-state index >= 15 is 0 Å². The number of hydrogen-bond donors (Lipinski definition) is 0. The minimum atomic E-state index is 0.000309. The first kappa shape index (κ1) is 19.0. The monoisotopic (exact) mass is 412 g/mol. The third kappa shape index (κ3) is 3.77. The summed E-state index contributed by atoms with van der Waals surface area (Å²) in [7, 11) is 0. The topological polar surface area (TPSA) is 42.4 Å². The van der Waals surface area contributed by atoms with E-state index in [2.05, 4.69) is 13.8 Å². The van der Waals surface area contributed by atoms with Crippen LogP contribution in [0.1, 0.15) is 20.3 Å². The molecule has 6 heteroatoms. The molecule has 0 N–H and O–H groups in total. The summed E-state index contributed by atoms with van der Waals surface area (Å²) >= 11 is 7.87. The number of halogens is 1. The Morgan fingerprint density at radius 1 is 1.25 bits per heavy atom. The molecule has 144 valence electrons. The SMILES string of the molecule is CC(C)CCN1C(=O)COc2ccc(-c3csc(-c4ccccc4Cl)n3)cc21. The molecule has 28 heavy (non-hydrogen) atoms. The summed E-state index contributed by atoms with van der Waals surface area (Å²) in [5.74, 6) is 1.27. The first-order valence-corrected chi connectivity index (χ1v) is 10.6. The Bertz CT molecular complexity index is 1020. The van der Waals surface area contributed by atoms with Gasteiger partial charge in [-0.2, -0.15) is 0 Å². The molecule has 0 spiro atoms. The maximum atomic E-state index is 12.4. The van der Waals surface area contributed by atoms with Crippen LogP contribution in [0.2, 0.25) is 5.02 Å². The first-order valence-electron chi connectivity index (χ1n) is 9.31. The van der Waals surface area contributed by atoms with E-state index in [1.165, 1.54) is 0 Å². The Morgan fingerprint density at radius 3 is 2.86 bits per heavy atom. The van der Waals surface area contributed by atoms with Gasteiger partial charge < -0.3 is 9.64 Å². The van der Waals surface area contributed by atoms with Gasteiger partial charge in [0.2, 0.25) is 0 Å². The van der Waals surface area contributed by atoms with E-state index in [1.54, 1.807) is 11.3 Å². The highest BCUT2D eigenvalue weighted by Crippen LogP contribution is 2.38. The molecule has 0 bridgehead atoms. The lowest BCUT2D eigenvalue weighted by Crippen LogP contribution is -2.39. The van der Waals surface area contributed by atoms with Crippen LogP contribution >= 0.6 is 22.9 Å². The van der Waals surface area contributed by atoms with Gasteiger partial charge in [-0.05, 0) is 36.6 Å². The summed E-state index contributed by atoms with van der Waals surface area (Å²) < 4.78 is 5.63. The van der Waals surface area contributed by atoms with Crippen molar-refractivity contribution in [3.8, 4) is 27.6 Å². The van der Waals surface area contributed by atoms with Gasteiger partial charge in [0, 0.05) is 23.1 Å². The van der Waals surface area contributed by atoms with Crippen molar-refractivity contribution in [1.82, 2.24) is 4.98 Å². The molecular formula is C22H21ClN2O2S. The summed E-state index contributed by atoms with van der Waals surface area (Å²) in [5.41, 5.74) is 3.57. The van der Waals surface area contributed by atoms with Crippen LogP contribution in [-0.2, 0) is 4.79 Å². The van der Waals surface area contributed by atoms with Crippen molar-refractivity contribution in [1.29, 1.82) is 0 Å². The molecule has 0 unspecified atom stereocenters. The molecule has 4 nitrogen and oxygen atoms in total. The molecule has 2 aromatic carbocycles. The van der Waals surface area contributed by atoms with E-state index < -0.39 is 0 Å². The number of carbonyl (C=O) groups excluding carboxylic acids is 1. The summed E-state index contributed by atoms with van der Waals surface area (Å²) in [4.78, 5) is 19.0. The predicted octanol–water partition coefficient (Wildman–Crippen LogP) is 5.90. The van der Waals surface area contributed by atoms with Gasteiger partial charge in [-0.1, -0.05) is 43.6 Å². The van der Waals surface area contributed by atoms with Crippen LogP contribution in [0.4, 0.5) is 5.69 Å². The number of carbonyl (C=O) groups is 1. The molecule has 1 aliphatic rings. The molecule has 2 heterocycles. The first-order chi connectivity index (χ1) is 13.5. The lowest BCUT2D eigenvalue weighted by molar-refractivity contribution is -0.121. The standard InChI is InChI=1S/C22H21ClN2O2S/c1-14(2)9-10-25-19-11-15(7-8-20(19)27-12-21(25)26)18-13-28-22(24-18)16-5-3-4-6-17(16)23/h3-8,11,13-14H,9-10,12H2,1-2H3. The maximum Gasteiger partial charge on any atom is 0.265 e. The van der Waals surface area contributed by atoms with Crippen molar-refractivity contribution < 1.29 is 9.53 Å². The molecule has 0 radical (unpaired) electrons. The number of hydrogen-bond acceptors (Lipinski definition) is 4. The van der Waals surface area contributed by atoms with Gasteiger partial charge in [-0.3, -0.25) is 4.79 Å². The van der Waals surface area contributed by atoms with Gasteiger partial charge in [0.25, 0.3) is 5.91 Å². The van der Waals surface area contributed by atoms with Gasteiger partial charge in [0.05, 0.1) is 16.4 Å². The molecule has 1 amide bonds.